The molecule has 0 aliphatic rings. The van der Waals surface area contributed by atoms with Gasteiger partial charge in [0.25, 0.3) is 0 Å². The molecule has 3 rings (SSSR count). The van der Waals surface area contributed by atoms with Gasteiger partial charge in [-0.2, -0.15) is 0 Å². The Morgan fingerprint density at radius 3 is 2.67 bits per heavy atom. The number of nitrogens with two attached hydrogens (primary N) is 1. The van der Waals surface area contributed by atoms with Gasteiger partial charge in [-0.05, 0) is 43.7 Å². The molecule has 1 aromatic heterocycles. The molecule has 0 bridgehead atoms. The number of nitrogens with one attached hydrogen (secondary N) is 1. The number of rotatable bonds is 9. The zero-order chi connectivity index (χ0) is 21.7. The minimum Gasteiger partial charge on any atom is -0.310 e. The van der Waals surface area contributed by atoms with E-state index in [4.69, 9.17) is 5.14 Å². The fraction of sp³-hybridized carbons (Fsp3) is 0.300. The van der Waals surface area contributed by atoms with Crippen molar-refractivity contribution in [3.8, 4) is 5.69 Å². The molecule has 30 heavy (non-hydrogen) atoms. The Labute approximate surface area is 174 Å². The molecule has 0 fully saturated rings. The number of nitrogens with zero attached hydrogens (tertiary/aromatic N) is 3. The summed E-state index contributed by atoms with van der Waals surface area (Å²) < 4.78 is 51.4. The summed E-state index contributed by atoms with van der Waals surface area (Å²) in [5.41, 5.74) is 2.12. The summed E-state index contributed by atoms with van der Waals surface area (Å²) in [5, 5.41) is 12.5. The zero-order valence-electron chi connectivity index (χ0n) is 16.5. The minimum absolute atomic E-state index is 0.0626. The van der Waals surface area contributed by atoms with Gasteiger partial charge in [-0.15, -0.1) is 5.10 Å². The van der Waals surface area contributed by atoms with E-state index in [1.54, 1.807) is 0 Å². The van der Waals surface area contributed by atoms with E-state index in [0.717, 1.165) is 17.2 Å². The Morgan fingerprint density at radius 1 is 1.20 bits per heavy atom. The average Bonchev–Trinajstić information content (AvgIpc) is 3.07. The molecule has 3 N–H and O–H groups in total. The van der Waals surface area contributed by atoms with Crippen molar-refractivity contribution >= 4 is 10.0 Å². The van der Waals surface area contributed by atoms with Crippen molar-refractivity contribution in [3.05, 3.63) is 71.1 Å². The number of hydrogen-bond acceptors (Lipinski definition) is 5. The van der Waals surface area contributed by atoms with Gasteiger partial charge < -0.3 is 5.32 Å². The molecule has 0 unspecified atom stereocenters. The molecule has 10 heteroatoms. The van der Waals surface area contributed by atoms with Gasteiger partial charge in [0, 0.05) is 6.42 Å². The molecule has 0 aliphatic carbocycles. The molecule has 3 aromatic rings. The first-order valence-electron chi connectivity index (χ1n) is 9.37. The maximum Gasteiger partial charge on any atom is 0.238 e. The monoisotopic (exact) mass is 435 g/mol. The number of halogens is 2. The number of primary sulfonamides is 1. The summed E-state index contributed by atoms with van der Waals surface area (Å²) in [4.78, 5) is 4.19. The lowest BCUT2D eigenvalue weighted by Gasteiger charge is -2.09. The SMILES string of the molecule is Cc1cccc(Cc2nc(CNCCCF)nn2-c2ccc(S(N)(=O)=O)cc2F)c1. The Kier molecular flexibility index (Phi) is 6.91. The Hall–Kier alpha value is -2.69. The quantitative estimate of drug-likeness (QED) is 0.503. The summed E-state index contributed by atoms with van der Waals surface area (Å²) in [7, 11) is -4.03. The van der Waals surface area contributed by atoms with Crippen molar-refractivity contribution in [3.63, 3.8) is 0 Å². The smallest absolute Gasteiger partial charge is 0.238 e. The predicted molar refractivity (Wildman–Crippen MR) is 109 cm³/mol. The van der Waals surface area contributed by atoms with Gasteiger partial charge in [0.05, 0.1) is 18.1 Å². The third-order valence-electron chi connectivity index (χ3n) is 4.41. The topological polar surface area (TPSA) is 103 Å². The van der Waals surface area contributed by atoms with Crippen molar-refractivity contribution < 1.29 is 17.2 Å². The molecular weight excluding hydrogens is 412 g/mol. The van der Waals surface area contributed by atoms with Crippen LogP contribution in [0.3, 0.4) is 0 Å². The molecule has 0 radical (unpaired) electrons. The van der Waals surface area contributed by atoms with Gasteiger partial charge >= 0.3 is 0 Å². The molecule has 7 nitrogen and oxygen atoms in total. The molecule has 0 saturated heterocycles. The van der Waals surface area contributed by atoms with Crippen LogP contribution in [0.25, 0.3) is 5.69 Å². The van der Waals surface area contributed by atoms with Gasteiger partial charge in [0.1, 0.15) is 17.3 Å². The van der Waals surface area contributed by atoms with Gasteiger partial charge in [0.2, 0.25) is 10.0 Å². The van der Waals surface area contributed by atoms with E-state index in [2.05, 4.69) is 15.4 Å². The Morgan fingerprint density at radius 2 is 2.00 bits per heavy atom. The summed E-state index contributed by atoms with van der Waals surface area (Å²) in [6, 6.07) is 11.2. The third-order valence-corrected chi connectivity index (χ3v) is 5.32. The average molecular weight is 436 g/mol. The molecule has 1 heterocycles. The van der Waals surface area contributed by atoms with Crippen molar-refractivity contribution in [1.29, 1.82) is 0 Å². The van der Waals surface area contributed by atoms with Crippen LogP contribution < -0.4 is 10.5 Å². The van der Waals surface area contributed by atoms with Gasteiger partial charge in [-0.3, -0.25) is 4.39 Å². The molecule has 0 aliphatic heterocycles. The lowest BCUT2D eigenvalue weighted by Crippen LogP contribution is -2.16. The number of aromatic nitrogens is 3. The molecule has 0 saturated carbocycles. The predicted octanol–water partition coefficient (Wildman–Crippen LogP) is 2.40. The summed E-state index contributed by atoms with van der Waals surface area (Å²) in [6.45, 7) is 2.32. The van der Waals surface area contributed by atoms with Gasteiger partial charge in [-0.1, -0.05) is 29.8 Å². The maximum atomic E-state index is 14.7. The zero-order valence-corrected chi connectivity index (χ0v) is 17.3. The highest BCUT2D eigenvalue weighted by Crippen LogP contribution is 2.20. The number of benzene rings is 2. The lowest BCUT2D eigenvalue weighted by molar-refractivity contribution is 0.457. The Balaban J connectivity index is 1.97. The first kappa shape index (κ1) is 22.0. The van der Waals surface area contributed by atoms with Crippen LogP contribution in [0.15, 0.2) is 47.4 Å². The highest BCUT2D eigenvalue weighted by Gasteiger charge is 2.18. The summed E-state index contributed by atoms with van der Waals surface area (Å²) in [6.07, 6.45) is 0.774. The van der Waals surface area contributed by atoms with Crippen LogP contribution in [0.1, 0.15) is 29.2 Å². The van der Waals surface area contributed by atoms with Crippen LogP contribution in [0.4, 0.5) is 8.78 Å². The van der Waals surface area contributed by atoms with Crippen LogP contribution in [0.2, 0.25) is 0 Å². The number of alkyl halides is 1. The molecule has 0 spiro atoms. The van der Waals surface area contributed by atoms with Crippen LogP contribution in [-0.2, 0) is 23.0 Å². The van der Waals surface area contributed by atoms with Gasteiger partial charge in [0.15, 0.2) is 5.82 Å². The first-order chi connectivity index (χ1) is 14.3. The Bertz CT molecular complexity index is 1130. The second kappa shape index (κ2) is 9.41. The minimum atomic E-state index is -4.03. The van der Waals surface area contributed by atoms with Crippen molar-refractivity contribution in [2.75, 3.05) is 13.2 Å². The second-order valence-corrected chi connectivity index (χ2v) is 8.46. The maximum absolute atomic E-state index is 14.7. The largest absolute Gasteiger partial charge is 0.310 e. The molecule has 0 atom stereocenters. The second-order valence-electron chi connectivity index (χ2n) is 6.90. The standard InChI is InChI=1S/C20H23F2N5O2S/c1-14-4-2-5-15(10-14)11-20-25-19(13-24-9-3-8-21)26-27(20)18-7-6-16(12-17(18)22)30(23,28)29/h2,4-7,10,12,24H,3,8-9,11,13H2,1H3,(H2,23,28,29). The molecule has 0 amide bonds. The first-order valence-corrected chi connectivity index (χ1v) is 10.9. The van der Waals surface area contributed by atoms with Crippen LogP contribution >= 0.6 is 0 Å². The highest BCUT2D eigenvalue weighted by molar-refractivity contribution is 7.89. The molecule has 2 aromatic carbocycles. The van der Waals surface area contributed by atoms with E-state index in [-0.39, 0.29) is 10.6 Å². The number of hydrogen-bond donors (Lipinski definition) is 2. The number of aryl methyl sites for hydroxylation is 1. The normalized spacial score (nSPS) is 11.7. The summed E-state index contributed by atoms with van der Waals surface area (Å²) in [5.74, 6) is 0.130. The van der Waals surface area contributed by atoms with Crippen molar-refractivity contribution in [2.24, 2.45) is 5.14 Å². The van der Waals surface area contributed by atoms with E-state index >= 15 is 0 Å². The van der Waals surface area contributed by atoms with Crippen LogP contribution in [0.5, 0.6) is 0 Å². The van der Waals surface area contributed by atoms with E-state index in [1.165, 1.54) is 16.8 Å². The third kappa shape index (κ3) is 5.47. The lowest BCUT2D eigenvalue weighted by atomic mass is 10.1. The number of sulfonamides is 1. The fourth-order valence-electron chi connectivity index (χ4n) is 3.01. The van der Waals surface area contributed by atoms with E-state index in [0.29, 0.717) is 37.6 Å². The summed E-state index contributed by atoms with van der Waals surface area (Å²) >= 11 is 0. The van der Waals surface area contributed by atoms with E-state index in [9.17, 15) is 17.2 Å². The van der Waals surface area contributed by atoms with E-state index in [1.807, 2.05) is 31.2 Å². The van der Waals surface area contributed by atoms with Crippen molar-refractivity contribution in [1.82, 2.24) is 20.1 Å². The van der Waals surface area contributed by atoms with Crippen LogP contribution in [0, 0.1) is 12.7 Å². The fourth-order valence-corrected chi connectivity index (χ4v) is 3.53. The molecular formula is C20H23F2N5O2S. The molecule has 160 valence electrons. The van der Waals surface area contributed by atoms with Crippen LogP contribution in [-0.4, -0.2) is 36.4 Å². The van der Waals surface area contributed by atoms with Crippen molar-refractivity contribution in [2.45, 2.75) is 31.2 Å². The highest BCUT2D eigenvalue weighted by atomic mass is 32.2. The van der Waals surface area contributed by atoms with E-state index < -0.39 is 22.5 Å². The van der Waals surface area contributed by atoms with Gasteiger partial charge in [-0.25, -0.2) is 27.6 Å².